The van der Waals surface area contributed by atoms with Crippen molar-refractivity contribution in [1.29, 1.82) is 0 Å². The lowest BCUT2D eigenvalue weighted by Crippen LogP contribution is -2.06. The van der Waals surface area contributed by atoms with E-state index in [1.807, 2.05) is 0 Å². The van der Waals surface area contributed by atoms with E-state index in [1.165, 1.54) is 25.7 Å². The summed E-state index contributed by atoms with van der Waals surface area (Å²) in [6.45, 7) is 4.38. The summed E-state index contributed by atoms with van der Waals surface area (Å²) >= 11 is 0. The molecule has 0 aliphatic carbocycles. The van der Waals surface area contributed by atoms with Crippen molar-refractivity contribution in [3.8, 4) is 0 Å². The maximum Gasteiger partial charge on any atom is 0.151 e. The predicted octanol–water partition coefficient (Wildman–Crippen LogP) is 2.29. The zero-order valence-electron chi connectivity index (χ0n) is 8.29. The molecule has 0 bridgehead atoms. The van der Waals surface area contributed by atoms with Gasteiger partial charge in [-0.05, 0) is 18.8 Å². The average molecular weight is 174 g/mol. The van der Waals surface area contributed by atoms with Crippen LogP contribution in [0.15, 0.2) is 0 Å². The molecular weight excluding hydrogens is 152 g/mol. The Morgan fingerprint density at radius 1 is 1.00 bits per heavy atom. The summed E-state index contributed by atoms with van der Waals surface area (Å²) < 4.78 is 0. The number of aliphatic hydroxyl groups excluding tert-OH is 1. The Balaban J connectivity index is 3.15. The minimum Gasteiger partial charge on any atom is -0.368 e. The number of hydrogen-bond acceptors (Lipinski definition) is 2. The van der Waals surface area contributed by atoms with Gasteiger partial charge in [0.25, 0.3) is 0 Å². The third-order valence-electron chi connectivity index (χ3n) is 2.22. The minimum absolute atomic E-state index is 0.521. The van der Waals surface area contributed by atoms with Gasteiger partial charge in [-0.2, -0.15) is 0 Å². The Kier molecular flexibility index (Phi) is 7.51. The number of unbranched alkanes of at least 4 members (excludes halogenated alkanes) is 2. The van der Waals surface area contributed by atoms with Gasteiger partial charge in [0.15, 0.2) is 6.29 Å². The first-order valence-corrected chi connectivity index (χ1v) is 5.03. The summed E-state index contributed by atoms with van der Waals surface area (Å²) in [4.78, 5) is 0. The maximum absolute atomic E-state index is 8.63. The normalized spacial score (nSPS) is 13.8. The molecule has 0 heterocycles. The van der Waals surface area contributed by atoms with Gasteiger partial charge in [-0.1, -0.05) is 39.5 Å². The summed E-state index contributed by atoms with van der Waals surface area (Å²) in [6.07, 6.45) is 5.40. The van der Waals surface area contributed by atoms with Crippen LogP contribution in [0.3, 0.4) is 0 Å². The monoisotopic (exact) mass is 174 g/mol. The second-order valence-electron chi connectivity index (χ2n) is 3.66. The molecule has 1 atom stereocenters. The van der Waals surface area contributed by atoms with Gasteiger partial charge >= 0.3 is 0 Å². The highest BCUT2D eigenvalue weighted by atomic mass is 16.5. The summed E-state index contributed by atoms with van der Waals surface area (Å²) in [6, 6.07) is 0. The van der Waals surface area contributed by atoms with Crippen LogP contribution in [0, 0.1) is 5.92 Å². The average Bonchev–Trinajstić information content (AvgIpc) is 2.01. The van der Waals surface area contributed by atoms with Crippen molar-refractivity contribution in [1.82, 2.24) is 0 Å². The number of aliphatic hydroxyl groups is 2. The molecule has 2 nitrogen and oxygen atoms in total. The molecule has 0 aliphatic rings. The fraction of sp³-hybridized carbons (Fsp3) is 1.00. The van der Waals surface area contributed by atoms with Crippen molar-refractivity contribution >= 4 is 0 Å². The van der Waals surface area contributed by atoms with Gasteiger partial charge in [0.2, 0.25) is 0 Å². The summed E-state index contributed by atoms with van der Waals surface area (Å²) in [7, 11) is 0. The first-order valence-electron chi connectivity index (χ1n) is 5.03. The summed E-state index contributed by atoms with van der Waals surface area (Å²) in [5.74, 6) is 0.637. The standard InChI is InChI=1S/C10H22O2/c1-3-4-5-6-9(2)7-8-10(11)12/h9-12H,3-8H2,1-2H3. The molecule has 2 heteroatoms. The van der Waals surface area contributed by atoms with E-state index >= 15 is 0 Å². The molecule has 0 fully saturated rings. The molecule has 12 heavy (non-hydrogen) atoms. The SMILES string of the molecule is CCCCCC(C)CCC(O)O. The predicted molar refractivity (Wildman–Crippen MR) is 50.8 cm³/mol. The van der Waals surface area contributed by atoms with E-state index in [0.717, 1.165) is 6.42 Å². The van der Waals surface area contributed by atoms with Crippen molar-refractivity contribution in [3.63, 3.8) is 0 Å². The van der Waals surface area contributed by atoms with Gasteiger partial charge in [0.1, 0.15) is 0 Å². The zero-order chi connectivity index (χ0) is 9.40. The van der Waals surface area contributed by atoms with E-state index in [4.69, 9.17) is 10.2 Å². The van der Waals surface area contributed by atoms with Crippen molar-refractivity contribution in [2.75, 3.05) is 0 Å². The molecule has 0 spiro atoms. The van der Waals surface area contributed by atoms with Crippen LogP contribution in [0.25, 0.3) is 0 Å². The van der Waals surface area contributed by atoms with Crippen LogP contribution in [0.4, 0.5) is 0 Å². The summed E-state index contributed by atoms with van der Waals surface area (Å²) in [5.41, 5.74) is 0. The molecule has 1 unspecified atom stereocenters. The molecule has 0 aromatic rings. The molecule has 0 rings (SSSR count). The van der Waals surface area contributed by atoms with E-state index in [9.17, 15) is 0 Å². The van der Waals surface area contributed by atoms with Gasteiger partial charge in [0.05, 0.1) is 0 Å². The highest BCUT2D eigenvalue weighted by Gasteiger charge is 2.04. The van der Waals surface area contributed by atoms with Gasteiger partial charge < -0.3 is 10.2 Å². The quantitative estimate of drug-likeness (QED) is 0.459. The van der Waals surface area contributed by atoms with Crippen molar-refractivity contribution in [2.24, 2.45) is 5.92 Å². The van der Waals surface area contributed by atoms with Crippen LogP contribution >= 0.6 is 0 Å². The van der Waals surface area contributed by atoms with Crippen LogP contribution in [0.5, 0.6) is 0 Å². The van der Waals surface area contributed by atoms with Crippen LogP contribution in [-0.2, 0) is 0 Å². The van der Waals surface area contributed by atoms with Crippen LogP contribution < -0.4 is 0 Å². The summed E-state index contributed by atoms with van der Waals surface area (Å²) in [5, 5.41) is 17.3. The molecule has 0 saturated carbocycles. The van der Waals surface area contributed by atoms with E-state index in [2.05, 4.69) is 13.8 Å². The van der Waals surface area contributed by atoms with Crippen LogP contribution in [0.2, 0.25) is 0 Å². The Morgan fingerprint density at radius 2 is 1.67 bits per heavy atom. The first-order chi connectivity index (χ1) is 5.66. The third kappa shape index (κ3) is 8.02. The molecule has 0 aromatic carbocycles. The van der Waals surface area contributed by atoms with Gasteiger partial charge in [-0.15, -0.1) is 0 Å². The van der Waals surface area contributed by atoms with E-state index in [-0.39, 0.29) is 0 Å². The highest BCUT2D eigenvalue weighted by molar-refractivity contribution is 4.54. The fourth-order valence-corrected chi connectivity index (χ4v) is 1.32. The van der Waals surface area contributed by atoms with Crippen molar-refractivity contribution in [3.05, 3.63) is 0 Å². The third-order valence-corrected chi connectivity index (χ3v) is 2.22. The second-order valence-corrected chi connectivity index (χ2v) is 3.66. The zero-order valence-corrected chi connectivity index (χ0v) is 8.29. The Labute approximate surface area is 75.6 Å². The van der Waals surface area contributed by atoms with Gasteiger partial charge in [-0.3, -0.25) is 0 Å². The Bertz CT molecular complexity index is 91.8. The molecule has 0 saturated heterocycles. The lowest BCUT2D eigenvalue weighted by Gasteiger charge is -2.11. The van der Waals surface area contributed by atoms with Gasteiger partial charge in [-0.25, -0.2) is 0 Å². The second kappa shape index (κ2) is 7.56. The lowest BCUT2D eigenvalue weighted by atomic mass is 9.98. The molecule has 0 aliphatic heterocycles. The topological polar surface area (TPSA) is 40.5 Å². The van der Waals surface area contributed by atoms with E-state index < -0.39 is 6.29 Å². The molecule has 0 aromatic heterocycles. The van der Waals surface area contributed by atoms with E-state index in [0.29, 0.717) is 12.3 Å². The van der Waals surface area contributed by atoms with E-state index in [1.54, 1.807) is 0 Å². The molecule has 74 valence electrons. The van der Waals surface area contributed by atoms with Crippen molar-refractivity contribution in [2.45, 2.75) is 58.7 Å². The largest absolute Gasteiger partial charge is 0.368 e. The fourth-order valence-electron chi connectivity index (χ4n) is 1.32. The molecular formula is C10H22O2. The number of hydrogen-bond donors (Lipinski definition) is 2. The molecule has 0 amide bonds. The smallest absolute Gasteiger partial charge is 0.151 e. The molecule has 0 radical (unpaired) electrons. The molecule has 2 N–H and O–H groups in total. The van der Waals surface area contributed by atoms with Gasteiger partial charge in [0, 0.05) is 0 Å². The number of rotatable bonds is 7. The Morgan fingerprint density at radius 3 is 2.17 bits per heavy atom. The first kappa shape index (κ1) is 11.9. The lowest BCUT2D eigenvalue weighted by molar-refractivity contribution is -0.0487. The maximum atomic E-state index is 8.63. The Hall–Kier alpha value is -0.0800. The van der Waals surface area contributed by atoms with Crippen LogP contribution in [0.1, 0.15) is 52.4 Å². The minimum atomic E-state index is -1.11. The van der Waals surface area contributed by atoms with Crippen LogP contribution in [-0.4, -0.2) is 16.5 Å². The highest BCUT2D eigenvalue weighted by Crippen LogP contribution is 2.15. The van der Waals surface area contributed by atoms with Crippen molar-refractivity contribution < 1.29 is 10.2 Å².